The third-order valence-electron chi connectivity index (χ3n) is 9.24. The van der Waals surface area contributed by atoms with Crippen molar-refractivity contribution in [1.82, 2.24) is 0 Å². The Kier molecular flexibility index (Phi) is 16.4. The van der Waals surface area contributed by atoms with Crippen molar-refractivity contribution in [2.24, 2.45) is 0 Å². The van der Waals surface area contributed by atoms with Gasteiger partial charge in [0.15, 0.2) is 0 Å². The average molecular weight is 1190 g/mol. The van der Waals surface area contributed by atoms with E-state index in [1.54, 1.807) is 0 Å². The van der Waals surface area contributed by atoms with Gasteiger partial charge in [-0.25, -0.2) is 0 Å². The fourth-order valence-corrected chi connectivity index (χ4v) is 15.6. The van der Waals surface area contributed by atoms with Gasteiger partial charge in [0, 0.05) is 0 Å². The first-order chi connectivity index (χ1) is 27.9. The van der Waals surface area contributed by atoms with Gasteiger partial charge in [-0.3, -0.25) is 0 Å². The van der Waals surface area contributed by atoms with Crippen LogP contribution in [0.5, 0.6) is 0 Å². The molecule has 0 aromatic heterocycles. The van der Waals surface area contributed by atoms with Crippen molar-refractivity contribution in [3.63, 3.8) is 0 Å². The number of halogens is 39. The SMILES string of the molecule is C=[CH][Sn]([CH2]CC(F)(F)C(F)(F)C(F)(F)C(F)(F)C(F)(F)C(F)(F)F)([CH2]CC(F)(F)C(F)(F)C(F)(F)C(F)(F)C(F)(F)C(F)(F)F)[CH2]CC(F)(F)C(F)(F)C(F)(F)C(F)(F)C(F)(F)C(F)(F)F. The van der Waals surface area contributed by atoms with Gasteiger partial charge in [-0.05, 0) is 0 Å². The molecule has 0 spiro atoms. The molecule has 0 N–H and O–H groups in total. The van der Waals surface area contributed by atoms with Gasteiger partial charge in [0.25, 0.3) is 0 Å². The Morgan fingerprint density at radius 2 is 0.364 bits per heavy atom. The third kappa shape index (κ3) is 9.29. The van der Waals surface area contributed by atoms with Crippen molar-refractivity contribution in [2.45, 2.75) is 140 Å². The molecule has 66 heavy (non-hydrogen) atoms. The van der Waals surface area contributed by atoms with Gasteiger partial charge < -0.3 is 0 Å². The standard InChI is InChI=1S/3C8H4F13.C2H3.Sn/c3*1-2-3(9,10)4(11,12)5(13,14)6(15,16)7(17,18)8(19,20)21;1-2;/h3*1-2H2;1H,2H2;. The molecule has 0 rings (SSSR count). The molecule has 0 aliphatic rings. The van der Waals surface area contributed by atoms with E-state index in [1.807, 2.05) is 0 Å². The van der Waals surface area contributed by atoms with Crippen LogP contribution in [0.2, 0.25) is 13.3 Å². The Labute approximate surface area is 340 Å². The van der Waals surface area contributed by atoms with Crippen LogP contribution in [0.15, 0.2) is 10.7 Å². The summed E-state index contributed by atoms with van der Waals surface area (Å²) in [5, 5.41) is 0. The van der Waals surface area contributed by atoms with Crippen LogP contribution in [0, 0.1) is 0 Å². The Morgan fingerprint density at radius 3 is 0.485 bits per heavy atom. The summed E-state index contributed by atoms with van der Waals surface area (Å²) in [5.74, 6) is -127. The molecule has 0 aromatic carbocycles. The molecule has 0 atom stereocenters. The van der Waals surface area contributed by atoms with Gasteiger partial charge in [0.1, 0.15) is 0 Å². The van der Waals surface area contributed by atoms with Crippen LogP contribution in [-0.2, 0) is 0 Å². The van der Waals surface area contributed by atoms with E-state index in [9.17, 15) is 171 Å². The Balaban J connectivity index is 7.87. The van der Waals surface area contributed by atoms with Gasteiger partial charge in [0.05, 0.1) is 0 Å². The Bertz CT molecular complexity index is 1500. The normalized spacial score (nSPS) is 16.8. The molecule has 0 heterocycles. The minimum absolute atomic E-state index is 0.856. The second kappa shape index (κ2) is 17.0. The molecular weight excluding hydrogens is 1170 g/mol. The van der Waals surface area contributed by atoms with Gasteiger partial charge in [-0.2, -0.15) is 0 Å². The molecular formula is C26H15F39Sn. The van der Waals surface area contributed by atoms with Gasteiger partial charge in [-0.15, -0.1) is 0 Å². The molecule has 40 heteroatoms. The summed E-state index contributed by atoms with van der Waals surface area (Å²) in [7, 11) is 0. The number of rotatable bonds is 22. The molecule has 0 saturated carbocycles. The summed E-state index contributed by atoms with van der Waals surface area (Å²) in [5.41, 5.74) is 0. The van der Waals surface area contributed by atoms with Crippen LogP contribution in [0.25, 0.3) is 0 Å². The maximum atomic E-state index is 14.6. The molecule has 0 radical (unpaired) electrons. The van der Waals surface area contributed by atoms with E-state index in [1.165, 1.54) is 0 Å². The second-order valence-corrected chi connectivity index (χ2v) is 26.8. The van der Waals surface area contributed by atoms with Crippen molar-refractivity contribution < 1.29 is 171 Å². The van der Waals surface area contributed by atoms with E-state index in [4.69, 9.17) is 0 Å². The fourth-order valence-electron chi connectivity index (χ4n) is 4.78. The van der Waals surface area contributed by atoms with Gasteiger partial charge in [-0.1, -0.05) is 0 Å². The summed E-state index contributed by atoms with van der Waals surface area (Å²) >= 11 is -7.88. The first-order valence-corrected chi connectivity index (χ1v) is 23.1. The summed E-state index contributed by atoms with van der Waals surface area (Å²) in [6, 6.07) is 0. The van der Waals surface area contributed by atoms with E-state index in [0.29, 0.717) is 0 Å². The van der Waals surface area contributed by atoms with Crippen molar-refractivity contribution in [1.29, 1.82) is 0 Å². The van der Waals surface area contributed by atoms with Crippen LogP contribution in [0.1, 0.15) is 19.3 Å². The van der Waals surface area contributed by atoms with Crippen molar-refractivity contribution >= 4 is 18.4 Å². The van der Waals surface area contributed by atoms with E-state index in [2.05, 4.69) is 6.58 Å². The number of hydrogen-bond acceptors (Lipinski definition) is 0. The predicted molar refractivity (Wildman–Crippen MR) is 137 cm³/mol. The van der Waals surface area contributed by atoms with Crippen LogP contribution in [0.4, 0.5) is 171 Å². The summed E-state index contributed by atoms with van der Waals surface area (Å²) < 4.78 is 518. The van der Waals surface area contributed by atoms with Crippen LogP contribution >= 0.6 is 0 Å². The van der Waals surface area contributed by atoms with Crippen LogP contribution in [-0.4, -0.2) is 126 Å². The summed E-state index contributed by atoms with van der Waals surface area (Å²) in [6.45, 7) is 2.18. The molecule has 0 amide bonds. The number of hydrogen-bond donors (Lipinski definition) is 0. The third-order valence-corrected chi connectivity index (χ3v) is 22.4. The Morgan fingerprint density at radius 1 is 0.227 bits per heavy atom. The first-order valence-electron chi connectivity index (χ1n) is 15.4. The molecule has 0 unspecified atom stereocenters. The Hall–Kier alpha value is -2.19. The zero-order valence-electron chi connectivity index (χ0n) is 29.8. The van der Waals surface area contributed by atoms with E-state index >= 15 is 0 Å². The van der Waals surface area contributed by atoms with Gasteiger partial charge >= 0.3 is 340 Å². The minimum atomic E-state index is -8.84. The van der Waals surface area contributed by atoms with Crippen LogP contribution in [0.3, 0.4) is 0 Å². The van der Waals surface area contributed by atoms with E-state index in [0.717, 1.165) is 0 Å². The summed E-state index contributed by atoms with van der Waals surface area (Å²) in [4.78, 5) is 0. The monoisotopic (exact) mass is 1190 g/mol. The molecule has 0 fully saturated rings. The fraction of sp³-hybridized carbons (Fsp3) is 0.923. The molecule has 0 aliphatic heterocycles. The average Bonchev–Trinajstić information content (AvgIpc) is 3.08. The van der Waals surface area contributed by atoms with Crippen molar-refractivity contribution in [3.8, 4) is 0 Å². The predicted octanol–water partition coefficient (Wildman–Crippen LogP) is 15.5. The zero-order chi connectivity index (χ0) is 54.4. The summed E-state index contributed by atoms with van der Waals surface area (Å²) in [6.07, 6.45) is -36.4. The van der Waals surface area contributed by atoms with Crippen molar-refractivity contribution in [2.75, 3.05) is 0 Å². The van der Waals surface area contributed by atoms with Crippen molar-refractivity contribution in [3.05, 3.63) is 10.7 Å². The quantitative estimate of drug-likeness (QED) is 0.0749. The molecule has 0 saturated heterocycles. The van der Waals surface area contributed by atoms with E-state index in [-0.39, 0.29) is 0 Å². The van der Waals surface area contributed by atoms with Crippen LogP contribution < -0.4 is 0 Å². The molecule has 0 bridgehead atoms. The molecule has 0 nitrogen and oxygen atoms in total. The number of alkyl halides is 39. The zero-order valence-corrected chi connectivity index (χ0v) is 32.6. The molecule has 0 aromatic rings. The first kappa shape index (κ1) is 63.8. The van der Waals surface area contributed by atoms with E-state index < -0.39 is 162 Å². The topological polar surface area (TPSA) is 0 Å². The second-order valence-electron chi connectivity index (χ2n) is 13.6. The molecule has 0 aliphatic carbocycles. The maximum absolute atomic E-state index is 14.6. The van der Waals surface area contributed by atoms with Gasteiger partial charge in [0.2, 0.25) is 0 Å². The molecule has 396 valence electrons.